The number of aryl methyl sites for hydroxylation is 1. The number of hydrogen-bond acceptors (Lipinski definition) is 3. The van der Waals surface area contributed by atoms with Gasteiger partial charge in [-0.1, -0.05) is 79.7 Å². The van der Waals surface area contributed by atoms with E-state index in [4.69, 9.17) is 0 Å². The van der Waals surface area contributed by atoms with Crippen LogP contribution >= 0.6 is 0 Å². The Morgan fingerprint density at radius 2 is 1.70 bits per heavy atom. The van der Waals surface area contributed by atoms with Gasteiger partial charge in [-0.2, -0.15) is 0 Å². The topological polar surface area (TPSA) is 28.2 Å². The molecule has 3 aromatic carbocycles. The van der Waals surface area contributed by atoms with Crippen LogP contribution in [0.5, 0.6) is 0 Å². The van der Waals surface area contributed by atoms with Crippen LogP contribution < -0.4 is 5.32 Å². The highest BCUT2D eigenvalue weighted by molar-refractivity contribution is 5.94. The van der Waals surface area contributed by atoms with Crippen LogP contribution in [0.15, 0.2) is 85.1 Å². The second kappa shape index (κ2) is 11.2. The highest BCUT2D eigenvalue weighted by Crippen LogP contribution is 2.30. The van der Waals surface area contributed by atoms with Gasteiger partial charge in [0, 0.05) is 43.3 Å². The lowest BCUT2D eigenvalue weighted by Crippen LogP contribution is -2.35. The van der Waals surface area contributed by atoms with Crippen LogP contribution in [0.3, 0.4) is 0 Å². The summed E-state index contributed by atoms with van der Waals surface area (Å²) >= 11 is 0. The van der Waals surface area contributed by atoms with E-state index in [2.05, 4.69) is 102 Å². The van der Waals surface area contributed by atoms with Crippen molar-refractivity contribution in [2.24, 2.45) is 0 Å². The van der Waals surface area contributed by atoms with Gasteiger partial charge < -0.3 is 10.2 Å². The fourth-order valence-electron chi connectivity index (χ4n) is 4.63. The Hall–Kier alpha value is -3.01. The second-order valence-electron chi connectivity index (χ2n) is 9.00. The summed E-state index contributed by atoms with van der Waals surface area (Å²) in [7, 11) is 2.03. The Bertz CT molecular complexity index is 1160. The van der Waals surface area contributed by atoms with Gasteiger partial charge in [0.25, 0.3) is 0 Å². The summed E-state index contributed by atoms with van der Waals surface area (Å²) in [6.45, 7) is 8.76. The molecule has 1 unspecified atom stereocenters. The third-order valence-corrected chi connectivity index (χ3v) is 6.51. The normalized spacial score (nSPS) is 12.4. The van der Waals surface area contributed by atoms with E-state index in [0.29, 0.717) is 5.92 Å². The highest BCUT2D eigenvalue weighted by Gasteiger charge is 2.13. The predicted octanol–water partition coefficient (Wildman–Crippen LogP) is 6.08. The molecule has 4 aromatic rings. The lowest BCUT2D eigenvalue weighted by molar-refractivity contribution is 0.265. The number of hydrogen-bond donors (Lipinski definition) is 1. The van der Waals surface area contributed by atoms with Crippen molar-refractivity contribution in [3.05, 3.63) is 102 Å². The van der Waals surface area contributed by atoms with Gasteiger partial charge in [-0.3, -0.25) is 4.98 Å². The number of aromatic nitrogens is 1. The van der Waals surface area contributed by atoms with Crippen LogP contribution in [0.4, 0.5) is 0 Å². The molecule has 4 rings (SSSR count). The van der Waals surface area contributed by atoms with Gasteiger partial charge in [0.2, 0.25) is 0 Å². The van der Waals surface area contributed by atoms with E-state index in [1.54, 1.807) is 0 Å². The molecular weight excluding hydrogens is 402 g/mol. The number of nitrogens with zero attached hydrogens (tertiary/aromatic N) is 2. The molecule has 1 heterocycles. The number of rotatable bonds is 10. The van der Waals surface area contributed by atoms with E-state index < -0.39 is 0 Å². The molecule has 0 saturated heterocycles. The van der Waals surface area contributed by atoms with E-state index in [-0.39, 0.29) is 0 Å². The van der Waals surface area contributed by atoms with Crippen molar-refractivity contribution in [3.63, 3.8) is 0 Å². The van der Waals surface area contributed by atoms with Crippen molar-refractivity contribution in [3.8, 4) is 11.1 Å². The van der Waals surface area contributed by atoms with Crippen molar-refractivity contribution in [2.45, 2.75) is 26.2 Å². The Kier molecular flexibility index (Phi) is 7.87. The van der Waals surface area contributed by atoms with Crippen LogP contribution in [0.25, 0.3) is 22.0 Å². The molecule has 3 heteroatoms. The maximum atomic E-state index is 4.65. The Morgan fingerprint density at radius 1 is 0.879 bits per heavy atom. The molecule has 0 saturated carbocycles. The molecule has 0 amide bonds. The third-order valence-electron chi connectivity index (χ3n) is 6.51. The molecule has 0 aliphatic carbocycles. The molecular formula is C30H35N3. The molecule has 0 fully saturated rings. The van der Waals surface area contributed by atoms with Gasteiger partial charge in [0.15, 0.2) is 0 Å². The molecule has 0 spiro atoms. The van der Waals surface area contributed by atoms with Crippen molar-refractivity contribution < 1.29 is 0 Å². The Morgan fingerprint density at radius 3 is 2.48 bits per heavy atom. The Balaban J connectivity index is 1.47. The van der Waals surface area contributed by atoms with Crippen molar-refractivity contribution >= 4 is 10.9 Å². The molecule has 1 atom stereocenters. The van der Waals surface area contributed by atoms with Crippen molar-refractivity contribution in [1.29, 1.82) is 0 Å². The molecule has 0 radical (unpaired) electrons. The first-order valence-electron chi connectivity index (χ1n) is 12.0. The zero-order valence-electron chi connectivity index (χ0n) is 20.1. The summed E-state index contributed by atoms with van der Waals surface area (Å²) in [6, 6.07) is 28.3. The summed E-state index contributed by atoms with van der Waals surface area (Å²) in [5, 5.41) is 4.50. The van der Waals surface area contributed by atoms with Gasteiger partial charge in [-0.15, -0.1) is 0 Å². The van der Waals surface area contributed by atoms with Gasteiger partial charge in [0.05, 0.1) is 5.52 Å². The largest absolute Gasteiger partial charge is 0.318 e. The van der Waals surface area contributed by atoms with Crippen LogP contribution in [0.1, 0.15) is 29.5 Å². The molecule has 1 aromatic heterocycles. The molecule has 0 aliphatic rings. The summed E-state index contributed by atoms with van der Waals surface area (Å²) in [4.78, 5) is 7.24. The van der Waals surface area contributed by atoms with Gasteiger partial charge >= 0.3 is 0 Å². The first-order chi connectivity index (χ1) is 16.2. The average molecular weight is 438 g/mol. The second-order valence-corrected chi connectivity index (χ2v) is 9.00. The van der Waals surface area contributed by atoms with Crippen LogP contribution in [-0.4, -0.2) is 43.1 Å². The summed E-state index contributed by atoms with van der Waals surface area (Å²) in [5.74, 6) is 0.519. The van der Waals surface area contributed by atoms with Gasteiger partial charge in [-0.25, -0.2) is 0 Å². The van der Waals surface area contributed by atoms with E-state index in [1.165, 1.54) is 33.2 Å². The zero-order chi connectivity index (χ0) is 23.0. The predicted molar refractivity (Wildman–Crippen MR) is 141 cm³/mol. The fraction of sp³-hybridized carbons (Fsp3) is 0.300. The maximum absolute atomic E-state index is 4.65. The summed E-state index contributed by atoms with van der Waals surface area (Å²) in [6.07, 6.45) is 2.94. The lowest BCUT2D eigenvalue weighted by Gasteiger charge is -2.26. The van der Waals surface area contributed by atoms with Gasteiger partial charge in [-0.05, 0) is 54.6 Å². The number of para-hydroxylation sites is 1. The fourth-order valence-corrected chi connectivity index (χ4v) is 4.63. The standard InChI is InChI=1S/C30H35N3/c1-23-21-25(14-15-28(23)29-13-7-11-27-12-8-17-32-30(27)29)16-19-33(20-18-31-3)22-24(2)26-9-5-4-6-10-26/h4-15,17,21,24,31H,16,18-20,22H2,1-3H3. The monoisotopic (exact) mass is 437 g/mol. The average Bonchev–Trinajstić information content (AvgIpc) is 2.86. The number of nitrogens with one attached hydrogen (secondary N) is 1. The number of benzene rings is 3. The first-order valence-corrected chi connectivity index (χ1v) is 12.0. The van der Waals surface area contributed by atoms with Crippen LogP contribution in [-0.2, 0) is 6.42 Å². The first kappa shape index (κ1) is 23.2. The third kappa shape index (κ3) is 5.87. The summed E-state index contributed by atoms with van der Waals surface area (Å²) < 4.78 is 0. The molecule has 1 N–H and O–H groups in total. The number of pyridine rings is 1. The molecule has 170 valence electrons. The van der Waals surface area contributed by atoms with Crippen LogP contribution in [0.2, 0.25) is 0 Å². The lowest BCUT2D eigenvalue weighted by atomic mass is 9.95. The van der Waals surface area contributed by atoms with Crippen molar-refractivity contribution in [2.75, 3.05) is 33.2 Å². The number of likely N-dealkylation sites (N-methyl/N-ethyl adjacent to an activating group) is 1. The summed E-state index contributed by atoms with van der Waals surface area (Å²) in [5.41, 5.74) is 7.67. The highest BCUT2D eigenvalue weighted by atomic mass is 15.1. The zero-order valence-corrected chi connectivity index (χ0v) is 20.1. The molecule has 0 bridgehead atoms. The van der Waals surface area contributed by atoms with E-state index in [9.17, 15) is 0 Å². The van der Waals surface area contributed by atoms with Crippen LogP contribution in [0, 0.1) is 6.92 Å². The minimum absolute atomic E-state index is 0.519. The minimum atomic E-state index is 0.519. The van der Waals surface area contributed by atoms with E-state index in [0.717, 1.165) is 38.1 Å². The molecule has 0 aliphatic heterocycles. The minimum Gasteiger partial charge on any atom is -0.318 e. The molecule has 3 nitrogen and oxygen atoms in total. The smallest absolute Gasteiger partial charge is 0.0780 e. The van der Waals surface area contributed by atoms with E-state index >= 15 is 0 Å². The quantitative estimate of drug-likeness (QED) is 0.326. The van der Waals surface area contributed by atoms with E-state index in [1.807, 2.05) is 19.3 Å². The molecule has 33 heavy (non-hydrogen) atoms. The maximum Gasteiger partial charge on any atom is 0.0780 e. The Labute approximate surface area is 198 Å². The number of fused-ring (bicyclic) bond motifs is 1. The SMILES string of the molecule is CNCCN(CCc1ccc(-c2cccc3cccnc23)c(C)c1)CC(C)c1ccccc1. The van der Waals surface area contributed by atoms with Gasteiger partial charge in [0.1, 0.15) is 0 Å². The van der Waals surface area contributed by atoms with Crippen molar-refractivity contribution in [1.82, 2.24) is 15.2 Å².